The Hall–Kier alpha value is -3.68. The third kappa shape index (κ3) is 9.81. The Morgan fingerprint density at radius 2 is 1.55 bits per heavy atom. The van der Waals surface area contributed by atoms with Gasteiger partial charge in [-0.25, -0.2) is 9.97 Å². The third-order valence-electron chi connectivity index (χ3n) is 5.65. The molecule has 0 aliphatic carbocycles. The molecule has 1 amide bonds. The molecule has 0 atom stereocenters. The molecule has 2 aromatic carbocycles. The van der Waals surface area contributed by atoms with Crippen molar-refractivity contribution in [2.45, 2.75) is 87.2 Å². The minimum atomic E-state index is -4.62. The number of halogens is 3. The zero-order valence-corrected chi connectivity index (χ0v) is 25.0. The second-order valence-corrected chi connectivity index (χ2v) is 8.70. The summed E-state index contributed by atoms with van der Waals surface area (Å²) in [7, 11) is 0. The number of nitrogens with zero attached hydrogens (tertiary/aromatic N) is 3. The van der Waals surface area contributed by atoms with Crippen LogP contribution in [0.1, 0.15) is 94.3 Å². The van der Waals surface area contributed by atoms with Crippen molar-refractivity contribution in [1.82, 2.24) is 14.4 Å². The molecule has 0 bridgehead atoms. The zero-order chi connectivity index (χ0) is 30.3. The highest BCUT2D eigenvalue weighted by molar-refractivity contribution is 6.06. The van der Waals surface area contributed by atoms with Gasteiger partial charge < -0.3 is 5.32 Å². The maximum absolute atomic E-state index is 13.2. The van der Waals surface area contributed by atoms with Crippen molar-refractivity contribution >= 4 is 17.4 Å². The number of fused-ring (bicyclic) bond motifs is 1. The van der Waals surface area contributed by atoms with Crippen LogP contribution in [0.15, 0.2) is 61.1 Å². The van der Waals surface area contributed by atoms with Gasteiger partial charge >= 0.3 is 6.18 Å². The highest BCUT2D eigenvalue weighted by Crippen LogP contribution is 2.32. The van der Waals surface area contributed by atoms with Crippen LogP contribution in [-0.4, -0.2) is 20.3 Å². The topological polar surface area (TPSA) is 59.3 Å². The molecule has 0 saturated heterocycles. The van der Waals surface area contributed by atoms with E-state index in [2.05, 4.69) is 29.1 Å². The number of benzene rings is 2. The Kier molecular flexibility index (Phi) is 14.7. The average Bonchev–Trinajstić information content (AvgIpc) is 3.38. The van der Waals surface area contributed by atoms with Gasteiger partial charge in [-0.2, -0.15) is 13.2 Å². The lowest BCUT2D eigenvalue weighted by atomic mass is 10.0. The molecule has 40 heavy (non-hydrogen) atoms. The summed E-state index contributed by atoms with van der Waals surface area (Å²) in [4.78, 5) is 21.4. The summed E-state index contributed by atoms with van der Waals surface area (Å²) in [5, 5.41) is 2.60. The van der Waals surface area contributed by atoms with Crippen LogP contribution in [0.3, 0.4) is 0 Å². The molecule has 2 aromatic heterocycles. The van der Waals surface area contributed by atoms with Crippen LogP contribution in [0.2, 0.25) is 0 Å². The van der Waals surface area contributed by atoms with Crippen LogP contribution in [0.4, 0.5) is 18.9 Å². The Labute approximate surface area is 236 Å². The molecule has 218 valence electrons. The number of carbonyl (C=O) groups is 1. The minimum Gasteiger partial charge on any atom is -0.322 e. The molecule has 0 fully saturated rings. The SMILES string of the molecule is CC.CC.CCCCCC.Cc1cnc2nc(-c3ccc(C)c(NC(=O)c4ccccc4C(F)(F)F)c3)cn2c1. The number of carbonyl (C=O) groups excluding carboxylic acids is 1. The molecule has 5 nitrogen and oxygen atoms in total. The number of amides is 1. The Morgan fingerprint density at radius 3 is 2.15 bits per heavy atom. The van der Waals surface area contributed by atoms with Crippen LogP contribution in [0, 0.1) is 13.8 Å². The summed E-state index contributed by atoms with van der Waals surface area (Å²) in [6.45, 7) is 16.2. The van der Waals surface area contributed by atoms with E-state index < -0.39 is 23.2 Å². The second kappa shape index (κ2) is 17.1. The number of aromatic nitrogens is 3. The van der Waals surface area contributed by atoms with Gasteiger partial charge in [-0.3, -0.25) is 9.20 Å². The number of hydrogen-bond acceptors (Lipinski definition) is 3. The van der Waals surface area contributed by atoms with E-state index >= 15 is 0 Å². The molecule has 0 aliphatic rings. The maximum atomic E-state index is 13.2. The first kappa shape index (κ1) is 34.3. The van der Waals surface area contributed by atoms with E-state index in [0.29, 0.717) is 28.3 Å². The van der Waals surface area contributed by atoms with Crippen molar-refractivity contribution in [3.05, 3.63) is 83.3 Å². The lowest BCUT2D eigenvalue weighted by Crippen LogP contribution is -2.19. The molecular formula is C32H43F3N4O. The number of hydrogen-bond donors (Lipinski definition) is 1. The monoisotopic (exact) mass is 556 g/mol. The van der Waals surface area contributed by atoms with Gasteiger partial charge in [-0.05, 0) is 43.2 Å². The third-order valence-corrected chi connectivity index (χ3v) is 5.65. The molecule has 0 radical (unpaired) electrons. The normalized spacial score (nSPS) is 10.4. The van der Waals surface area contributed by atoms with Gasteiger partial charge in [0.1, 0.15) is 0 Å². The van der Waals surface area contributed by atoms with Gasteiger partial charge in [0.2, 0.25) is 5.78 Å². The highest BCUT2D eigenvalue weighted by Gasteiger charge is 2.34. The summed E-state index contributed by atoms with van der Waals surface area (Å²) in [6, 6.07) is 10.0. The van der Waals surface area contributed by atoms with Crippen LogP contribution in [0.25, 0.3) is 17.0 Å². The van der Waals surface area contributed by atoms with Crippen LogP contribution < -0.4 is 5.32 Å². The van der Waals surface area contributed by atoms with Crippen molar-refractivity contribution in [2.24, 2.45) is 0 Å². The van der Waals surface area contributed by atoms with Crippen LogP contribution >= 0.6 is 0 Å². The Bertz CT molecular complexity index is 1330. The summed E-state index contributed by atoms with van der Waals surface area (Å²) in [6.07, 6.45) is 6.33. The van der Waals surface area contributed by atoms with Crippen molar-refractivity contribution < 1.29 is 18.0 Å². The van der Waals surface area contributed by atoms with E-state index in [1.165, 1.54) is 37.8 Å². The van der Waals surface area contributed by atoms with E-state index in [4.69, 9.17) is 0 Å². The van der Waals surface area contributed by atoms with Crippen LogP contribution in [-0.2, 0) is 6.18 Å². The number of anilines is 1. The van der Waals surface area contributed by atoms with E-state index in [9.17, 15) is 18.0 Å². The van der Waals surface area contributed by atoms with Gasteiger partial charge in [0.15, 0.2) is 0 Å². The summed E-state index contributed by atoms with van der Waals surface area (Å²) < 4.78 is 41.5. The Balaban J connectivity index is 0.000000700. The number of imidazole rings is 1. The zero-order valence-electron chi connectivity index (χ0n) is 25.0. The van der Waals surface area contributed by atoms with Crippen molar-refractivity contribution in [1.29, 1.82) is 0 Å². The molecule has 4 aromatic rings. The average molecular weight is 557 g/mol. The molecule has 4 rings (SSSR count). The lowest BCUT2D eigenvalue weighted by Gasteiger charge is -2.14. The van der Waals surface area contributed by atoms with Gasteiger partial charge in [-0.1, -0.05) is 91.5 Å². The standard InChI is InChI=1S/C22H17F3N4O.C6H14.2C2H6/c1-13-10-26-21-28-19(12-29(21)11-13)15-8-7-14(2)18(9-15)27-20(30)16-5-3-4-6-17(16)22(23,24)25;1-3-5-6-4-2;2*1-2/h3-12H,1-2H3,(H,27,30);3-6H2,1-2H3;2*1-2H3. The predicted octanol–water partition coefficient (Wildman–Crippen LogP) is 9.92. The molecule has 2 heterocycles. The lowest BCUT2D eigenvalue weighted by molar-refractivity contribution is -0.137. The smallest absolute Gasteiger partial charge is 0.322 e. The number of rotatable bonds is 6. The summed E-state index contributed by atoms with van der Waals surface area (Å²) in [5.74, 6) is -0.295. The fraction of sp³-hybridized carbons (Fsp3) is 0.406. The molecule has 0 aliphatic heterocycles. The second-order valence-electron chi connectivity index (χ2n) is 8.70. The number of unbranched alkanes of at least 4 members (excludes halogenated alkanes) is 3. The molecule has 1 N–H and O–H groups in total. The van der Waals surface area contributed by atoms with Gasteiger partial charge in [0.25, 0.3) is 5.91 Å². The first-order valence-electron chi connectivity index (χ1n) is 14.0. The van der Waals surface area contributed by atoms with E-state index in [1.54, 1.807) is 29.7 Å². The summed E-state index contributed by atoms with van der Waals surface area (Å²) in [5.41, 5.74) is 2.05. The van der Waals surface area contributed by atoms with E-state index in [1.807, 2.05) is 53.1 Å². The predicted molar refractivity (Wildman–Crippen MR) is 160 cm³/mol. The molecular weight excluding hydrogens is 513 g/mol. The first-order valence-corrected chi connectivity index (χ1v) is 14.0. The number of nitrogens with one attached hydrogen (secondary N) is 1. The van der Waals surface area contributed by atoms with Gasteiger partial charge in [-0.15, -0.1) is 0 Å². The maximum Gasteiger partial charge on any atom is 0.417 e. The van der Waals surface area contributed by atoms with Crippen LogP contribution in [0.5, 0.6) is 0 Å². The van der Waals surface area contributed by atoms with Crippen molar-refractivity contribution in [2.75, 3.05) is 5.32 Å². The number of alkyl halides is 3. The fourth-order valence-electron chi connectivity index (χ4n) is 3.66. The largest absolute Gasteiger partial charge is 0.417 e. The van der Waals surface area contributed by atoms with Gasteiger partial charge in [0, 0.05) is 29.8 Å². The quantitative estimate of drug-likeness (QED) is 0.240. The molecule has 0 saturated carbocycles. The highest BCUT2D eigenvalue weighted by atomic mass is 19.4. The summed E-state index contributed by atoms with van der Waals surface area (Å²) >= 11 is 0. The first-order chi connectivity index (χ1) is 19.1. The van der Waals surface area contributed by atoms with Crippen molar-refractivity contribution in [3.63, 3.8) is 0 Å². The van der Waals surface area contributed by atoms with Crippen molar-refractivity contribution in [3.8, 4) is 11.3 Å². The molecule has 0 spiro atoms. The fourth-order valence-corrected chi connectivity index (χ4v) is 3.66. The minimum absolute atomic E-state index is 0.413. The Morgan fingerprint density at radius 1 is 0.925 bits per heavy atom. The van der Waals surface area contributed by atoms with E-state index in [-0.39, 0.29) is 0 Å². The molecule has 0 unspecified atom stereocenters. The van der Waals surface area contributed by atoms with E-state index in [0.717, 1.165) is 17.7 Å². The molecule has 8 heteroatoms. The van der Waals surface area contributed by atoms with Gasteiger partial charge in [0.05, 0.1) is 16.8 Å². The number of aryl methyl sites for hydroxylation is 2.